The van der Waals surface area contributed by atoms with Crippen LogP contribution in [0.4, 0.5) is 5.69 Å². The number of halogens is 1. The second kappa shape index (κ2) is 6.92. The number of aliphatic hydroxyl groups excluding tert-OH is 1. The largest absolute Gasteiger partial charge is 0.398 e. The van der Waals surface area contributed by atoms with Gasteiger partial charge in [0.1, 0.15) is 0 Å². The Morgan fingerprint density at radius 3 is 2.75 bits per heavy atom. The van der Waals surface area contributed by atoms with Crippen LogP contribution in [0.15, 0.2) is 18.2 Å². The standard InChI is InChI=1S/C14H19ClN2O3/c15-10-1-2-12(13(16)9-10)14(19)17-5-3-11(4-6-17)20-8-7-18/h1-2,9,11,18H,3-8,16H2. The van der Waals surface area contributed by atoms with E-state index in [4.69, 9.17) is 27.2 Å². The molecule has 0 saturated carbocycles. The third kappa shape index (κ3) is 3.62. The maximum atomic E-state index is 12.4. The zero-order chi connectivity index (χ0) is 14.5. The summed E-state index contributed by atoms with van der Waals surface area (Å²) < 4.78 is 5.48. The third-order valence-corrected chi connectivity index (χ3v) is 3.65. The average molecular weight is 299 g/mol. The molecule has 0 atom stereocenters. The average Bonchev–Trinajstić information content (AvgIpc) is 2.45. The molecular formula is C14H19ClN2O3. The molecule has 2 rings (SSSR count). The molecule has 1 heterocycles. The van der Waals surface area contributed by atoms with Crippen molar-refractivity contribution in [2.24, 2.45) is 0 Å². The lowest BCUT2D eigenvalue weighted by molar-refractivity contribution is -0.00552. The Labute approximate surface area is 123 Å². The molecule has 0 unspecified atom stereocenters. The molecule has 20 heavy (non-hydrogen) atoms. The summed E-state index contributed by atoms with van der Waals surface area (Å²) in [6.45, 7) is 1.65. The Hall–Kier alpha value is -1.30. The number of nitrogen functional groups attached to an aromatic ring is 1. The molecule has 6 heteroatoms. The van der Waals surface area contributed by atoms with E-state index in [0.29, 0.717) is 36.0 Å². The second-order valence-electron chi connectivity index (χ2n) is 4.82. The number of nitrogens with zero attached hydrogens (tertiary/aromatic N) is 1. The highest BCUT2D eigenvalue weighted by Crippen LogP contribution is 2.22. The van der Waals surface area contributed by atoms with Crippen LogP contribution in [0.25, 0.3) is 0 Å². The highest BCUT2D eigenvalue weighted by molar-refractivity contribution is 6.31. The fraction of sp³-hybridized carbons (Fsp3) is 0.500. The molecule has 1 saturated heterocycles. The molecule has 1 aromatic carbocycles. The lowest BCUT2D eigenvalue weighted by atomic mass is 10.1. The number of aliphatic hydroxyl groups is 1. The zero-order valence-corrected chi connectivity index (χ0v) is 12.0. The number of rotatable bonds is 4. The smallest absolute Gasteiger partial charge is 0.255 e. The highest BCUT2D eigenvalue weighted by Gasteiger charge is 2.24. The minimum atomic E-state index is -0.0697. The van der Waals surface area contributed by atoms with Crippen LogP contribution in [0.1, 0.15) is 23.2 Å². The van der Waals surface area contributed by atoms with E-state index in [1.165, 1.54) is 0 Å². The number of anilines is 1. The maximum absolute atomic E-state index is 12.4. The van der Waals surface area contributed by atoms with E-state index < -0.39 is 0 Å². The van der Waals surface area contributed by atoms with Crippen molar-refractivity contribution in [1.82, 2.24) is 4.90 Å². The lowest BCUT2D eigenvalue weighted by Crippen LogP contribution is -2.41. The first-order chi connectivity index (χ1) is 9.61. The van der Waals surface area contributed by atoms with Gasteiger partial charge in [-0.05, 0) is 31.0 Å². The molecule has 3 N–H and O–H groups in total. The number of carbonyl (C=O) groups is 1. The van der Waals surface area contributed by atoms with Gasteiger partial charge in [0.15, 0.2) is 0 Å². The quantitative estimate of drug-likeness (QED) is 0.827. The Morgan fingerprint density at radius 1 is 1.45 bits per heavy atom. The monoisotopic (exact) mass is 298 g/mol. The summed E-state index contributed by atoms with van der Waals surface area (Å²) in [5, 5.41) is 9.25. The Kier molecular flexibility index (Phi) is 5.23. The van der Waals surface area contributed by atoms with E-state index in [-0.39, 0.29) is 18.6 Å². The molecule has 5 nitrogen and oxygen atoms in total. The van der Waals surface area contributed by atoms with Gasteiger partial charge in [-0.25, -0.2) is 0 Å². The summed E-state index contributed by atoms with van der Waals surface area (Å²) in [7, 11) is 0. The summed E-state index contributed by atoms with van der Waals surface area (Å²) in [6, 6.07) is 4.92. The van der Waals surface area contributed by atoms with E-state index in [1.807, 2.05) is 0 Å². The van der Waals surface area contributed by atoms with Crippen LogP contribution in [0.5, 0.6) is 0 Å². The maximum Gasteiger partial charge on any atom is 0.255 e. The van der Waals surface area contributed by atoms with E-state index in [2.05, 4.69) is 0 Å². The molecule has 0 spiro atoms. The minimum absolute atomic E-state index is 0.0282. The molecule has 0 aromatic heterocycles. The normalized spacial score (nSPS) is 16.4. The molecule has 1 aliphatic rings. The van der Waals surface area contributed by atoms with Crippen molar-refractivity contribution in [3.63, 3.8) is 0 Å². The molecule has 0 aliphatic carbocycles. The summed E-state index contributed by atoms with van der Waals surface area (Å²) in [5.74, 6) is -0.0697. The Bertz CT molecular complexity index is 473. The van der Waals surface area contributed by atoms with E-state index in [9.17, 15) is 4.79 Å². The molecule has 0 radical (unpaired) electrons. The minimum Gasteiger partial charge on any atom is -0.398 e. The first kappa shape index (κ1) is 15.1. The SMILES string of the molecule is Nc1cc(Cl)ccc1C(=O)N1CCC(OCCO)CC1. The van der Waals surface area contributed by atoms with Gasteiger partial charge in [0.25, 0.3) is 5.91 Å². The van der Waals surface area contributed by atoms with Crippen molar-refractivity contribution in [2.75, 3.05) is 32.0 Å². The van der Waals surface area contributed by atoms with Crippen LogP contribution in [0.3, 0.4) is 0 Å². The molecule has 1 fully saturated rings. The number of hydrogen-bond acceptors (Lipinski definition) is 4. The van der Waals surface area contributed by atoms with Crippen molar-refractivity contribution < 1.29 is 14.6 Å². The molecule has 110 valence electrons. The van der Waals surface area contributed by atoms with Gasteiger partial charge in [0.2, 0.25) is 0 Å². The van der Waals surface area contributed by atoms with E-state index >= 15 is 0 Å². The topological polar surface area (TPSA) is 75.8 Å². The van der Waals surface area contributed by atoms with Crippen LogP contribution < -0.4 is 5.73 Å². The van der Waals surface area contributed by atoms with Crippen LogP contribution in [0, 0.1) is 0 Å². The Balaban J connectivity index is 1.94. The number of amides is 1. The van der Waals surface area contributed by atoms with Gasteiger partial charge >= 0.3 is 0 Å². The van der Waals surface area contributed by atoms with Crippen molar-refractivity contribution in [1.29, 1.82) is 0 Å². The summed E-state index contributed by atoms with van der Waals surface area (Å²) >= 11 is 5.83. The van der Waals surface area contributed by atoms with Crippen LogP contribution in [-0.2, 0) is 4.74 Å². The predicted octanol–water partition coefficient (Wildman–Crippen LogP) is 1.54. The number of nitrogens with two attached hydrogens (primary N) is 1. The molecular weight excluding hydrogens is 280 g/mol. The fourth-order valence-corrected chi connectivity index (χ4v) is 2.52. The summed E-state index contributed by atoms with van der Waals surface area (Å²) in [5.41, 5.74) is 6.73. The van der Waals surface area contributed by atoms with Gasteiger partial charge in [0.05, 0.1) is 24.9 Å². The van der Waals surface area contributed by atoms with Crippen LogP contribution in [-0.4, -0.2) is 48.3 Å². The molecule has 1 aromatic rings. The van der Waals surface area contributed by atoms with Gasteiger partial charge in [-0.3, -0.25) is 4.79 Å². The third-order valence-electron chi connectivity index (χ3n) is 3.42. The number of piperidine rings is 1. The first-order valence-corrected chi connectivity index (χ1v) is 7.06. The summed E-state index contributed by atoms with van der Waals surface area (Å²) in [6.07, 6.45) is 1.67. The number of hydrogen-bond donors (Lipinski definition) is 2. The van der Waals surface area contributed by atoms with Crippen molar-refractivity contribution in [3.8, 4) is 0 Å². The van der Waals surface area contributed by atoms with Gasteiger partial charge in [-0.2, -0.15) is 0 Å². The van der Waals surface area contributed by atoms with Crippen LogP contribution >= 0.6 is 11.6 Å². The fourth-order valence-electron chi connectivity index (χ4n) is 2.34. The van der Waals surface area contributed by atoms with Gasteiger partial charge in [-0.15, -0.1) is 0 Å². The summed E-state index contributed by atoms with van der Waals surface area (Å²) in [4.78, 5) is 14.2. The zero-order valence-electron chi connectivity index (χ0n) is 11.2. The lowest BCUT2D eigenvalue weighted by Gasteiger charge is -2.32. The molecule has 1 amide bonds. The van der Waals surface area contributed by atoms with Gasteiger partial charge in [-0.1, -0.05) is 11.6 Å². The highest BCUT2D eigenvalue weighted by atomic mass is 35.5. The van der Waals surface area contributed by atoms with Gasteiger partial charge in [0, 0.05) is 23.8 Å². The molecule has 0 bridgehead atoms. The number of benzene rings is 1. The predicted molar refractivity (Wildman–Crippen MR) is 77.8 cm³/mol. The number of likely N-dealkylation sites (tertiary alicyclic amines) is 1. The van der Waals surface area contributed by atoms with Crippen molar-refractivity contribution >= 4 is 23.2 Å². The second-order valence-corrected chi connectivity index (χ2v) is 5.25. The molecule has 1 aliphatic heterocycles. The Morgan fingerprint density at radius 2 is 2.15 bits per heavy atom. The number of carbonyl (C=O) groups excluding carboxylic acids is 1. The number of ether oxygens (including phenoxy) is 1. The van der Waals surface area contributed by atoms with Crippen LogP contribution in [0.2, 0.25) is 5.02 Å². The van der Waals surface area contributed by atoms with Gasteiger partial charge < -0.3 is 20.5 Å². The first-order valence-electron chi connectivity index (χ1n) is 6.68. The van der Waals surface area contributed by atoms with Crippen molar-refractivity contribution in [2.45, 2.75) is 18.9 Å². The van der Waals surface area contributed by atoms with E-state index in [1.54, 1.807) is 23.1 Å². The van der Waals surface area contributed by atoms with Crippen molar-refractivity contribution in [3.05, 3.63) is 28.8 Å². The van der Waals surface area contributed by atoms with E-state index in [0.717, 1.165) is 12.8 Å².